The van der Waals surface area contributed by atoms with Crippen molar-refractivity contribution in [3.63, 3.8) is 0 Å². The summed E-state index contributed by atoms with van der Waals surface area (Å²) in [7, 11) is 0. The number of benzene rings is 1. The number of fused-ring (bicyclic) bond motifs is 2. The number of carbonyl (C=O) groups excluding carboxylic acids is 1. The highest BCUT2D eigenvalue weighted by molar-refractivity contribution is 8.26. The van der Waals surface area contributed by atoms with E-state index in [0.717, 1.165) is 24.5 Å². The largest absolute Gasteiger partial charge is 0.457 e. The first-order chi connectivity index (χ1) is 13.5. The van der Waals surface area contributed by atoms with Gasteiger partial charge in [-0.1, -0.05) is 30.4 Å². The Bertz CT molecular complexity index is 1020. The molecule has 28 heavy (non-hydrogen) atoms. The summed E-state index contributed by atoms with van der Waals surface area (Å²) in [6, 6.07) is 7.22. The first-order valence-corrected chi connectivity index (χ1v) is 10.5. The minimum atomic E-state index is -0.929. The van der Waals surface area contributed by atoms with Crippen LogP contribution in [0.3, 0.4) is 0 Å². The molecule has 2 bridgehead atoms. The molecule has 5 rings (SSSR count). The van der Waals surface area contributed by atoms with E-state index in [1.54, 1.807) is 23.1 Å². The number of halogens is 2. The van der Waals surface area contributed by atoms with Crippen molar-refractivity contribution >= 4 is 40.3 Å². The van der Waals surface area contributed by atoms with Crippen molar-refractivity contribution < 1.29 is 18.0 Å². The summed E-state index contributed by atoms with van der Waals surface area (Å²) in [4.78, 5) is 15.3. The molecule has 1 aromatic heterocycles. The monoisotopic (exact) mass is 417 g/mol. The number of carbonyl (C=O) groups is 1. The van der Waals surface area contributed by atoms with Crippen molar-refractivity contribution in [2.24, 2.45) is 11.8 Å². The molecule has 3 aliphatic rings. The van der Waals surface area contributed by atoms with E-state index in [1.165, 1.54) is 37.1 Å². The third kappa shape index (κ3) is 3.01. The molecule has 1 saturated heterocycles. The Morgan fingerprint density at radius 3 is 2.71 bits per heavy atom. The topological polar surface area (TPSA) is 33.5 Å². The molecule has 0 N–H and O–H groups in total. The smallest absolute Gasteiger partial charge is 0.266 e. The van der Waals surface area contributed by atoms with E-state index in [0.29, 0.717) is 32.2 Å². The minimum absolute atomic E-state index is 0.0571. The maximum Gasteiger partial charge on any atom is 0.266 e. The molecule has 2 aromatic rings. The molecule has 0 radical (unpaired) electrons. The summed E-state index contributed by atoms with van der Waals surface area (Å²) >= 11 is 6.79. The van der Waals surface area contributed by atoms with Crippen LogP contribution < -0.4 is 0 Å². The van der Waals surface area contributed by atoms with E-state index < -0.39 is 11.6 Å². The first kappa shape index (κ1) is 18.1. The Balaban J connectivity index is 1.38. The zero-order chi connectivity index (χ0) is 19.4. The van der Waals surface area contributed by atoms with Crippen LogP contribution in [0.1, 0.15) is 31.4 Å². The van der Waals surface area contributed by atoms with Gasteiger partial charge in [-0.05, 0) is 61.4 Å². The molecule has 3 fully saturated rings. The molecule has 1 aromatic carbocycles. The van der Waals surface area contributed by atoms with Crippen LogP contribution in [0, 0.1) is 23.5 Å². The van der Waals surface area contributed by atoms with Gasteiger partial charge in [0.25, 0.3) is 5.91 Å². The summed E-state index contributed by atoms with van der Waals surface area (Å²) < 4.78 is 32.9. The number of thiocarbonyl (C=S) groups is 1. The van der Waals surface area contributed by atoms with Crippen LogP contribution in [-0.2, 0) is 4.79 Å². The lowest BCUT2D eigenvalue weighted by molar-refractivity contribution is -0.124. The lowest BCUT2D eigenvalue weighted by atomic mass is 9.94. The summed E-state index contributed by atoms with van der Waals surface area (Å²) in [6.45, 7) is 0. The van der Waals surface area contributed by atoms with Gasteiger partial charge in [0.15, 0.2) is 11.6 Å². The number of amides is 1. The van der Waals surface area contributed by atoms with Crippen molar-refractivity contribution in [1.82, 2.24) is 4.90 Å². The number of rotatable bonds is 3. The van der Waals surface area contributed by atoms with Gasteiger partial charge in [0.05, 0.1) is 4.91 Å². The van der Waals surface area contributed by atoms with Crippen molar-refractivity contribution in [2.75, 3.05) is 0 Å². The van der Waals surface area contributed by atoms with Gasteiger partial charge in [0, 0.05) is 17.7 Å². The highest BCUT2D eigenvalue weighted by Crippen LogP contribution is 2.49. The molecule has 3 atom stereocenters. The molecule has 1 amide bonds. The average Bonchev–Trinajstić information content (AvgIpc) is 3.43. The highest BCUT2D eigenvalue weighted by Gasteiger charge is 2.47. The Kier molecular flexibility index (Phi) is 4.39. The maximum atomic E-state index is 13.5. The van der Waals surface area contributed by atoms with Crippen LogP contribution in [0.15, 0.2) is 39.7 Å². The molecule has 7 heteroatoms. The van der Waals surface area contributed by atoms with Gasteiger partial charge >= 0.3 is 0 Å². The number of hydrogen-bond donors (Lipinski definition) is 0. The number of hydrogen-bond acceptors (Lipinski definition) is 4. The van der Waals surface area contributed by atoms with Crippen molar-refractivity contribution in [3.05, 3.63) is 52.6 Å². The van der Waals surface area contributed by atoms with Crippen molar-refractivity contribution in [3.8, 4) is 11.3 Å². The number of nitrogens with zero attached hydrogens (tertiary/aromatic N) is 1. The molecule has 2 heterocycles. The normalized spacial score (nSPS) is 28.1. The maximum absolute atomic E-state index is 13.5. The van der Waals surface area contributed by atoms with Gasteiger partial charge in [0.2, 0.25) is 0 Å². The zero-order valence-corrected chi connectivity index (χ0v) is 16.5. The Morgan fingerprint density at radius 2 is 2.00 bits per heavy atom. The van der Waals surface area contributed by atoms with Gasteiger partial charge in [-0.15, -0.1) is 0 Å². The summed E-state index contributed by atoms with van der Waals surface area (Å²) in [5.41, 5.74) is 0.438. The second-order valence-corrected chi connectivity index (χ2v) is 9.30. The van der Waals surface area contributed by atoms with E-state index in [9.17, 15) is 13.6 Å². The van der Waals surface area contributed by atoms with E-state index in [1.807, 2.05) is 0 Å². The Morgan fingerprint density at radius 1 is 1.14 bits per heavy atom. The highest BCUT2D eigenvalue weighted by atomic mass is 32.2. The summed E-state index contributed by atoms with van der Waals surface area (Å²) in [6.07, 6.45) is 6.38. The predicted molar refractivity (Wildman–Crippen MR) is 108 cm³/mol. The van der Waals surface area contributed by atoms with E-state index >= 15 is 0 Å². The van der Waals surface area contributed by atoms with Crippen LogP contribution in [0.25, 0.3) is 17.4 Å². The van der Waals surface area contributed by atoms with Crippen LogP contribution in [-0.4, -0.2) is 21.2 Å². The molecule has 2 aliphatic carbocycles. The predicted octanol–water partition coefficient (Wildman–Crippen LogP) is 5.61. The van der Waals surface area contributed by atoms with Gasteiger partial charge in [-0.2, -0.15) is 0 Å². The molecular weight excluding hydrogens is 400 g/mol. The molecule has 144 valence electrons. The van der Waals surface area contributed by atoms with E-state index in [-0.39, 0.29) is 11.9 Å². The van der Waals surface area contributed by atoms with Crippen LogP contribution in [0.5, 0.6) is 0 Å². The van der Waals surface area contributed by atoms with Gasteiger partial charge in [-0.25, -0.2) is 8.78 Å². The van der Waals surface area contributed by atoms with Crippen LogP contribution in [0.2, 0.25) is 0 Å². The molecule has 2 saturated carbocycles. The standard InChI is InChI=1S/C21H17F2NO2S2/c22-15-5-3-13(9-16(15)23)18-6-4-14(26-18)10-19-20(25)24(21(27)28-19)17-8-11-1-2-12(17)7-11/h3-6,9-12,17H,1-2,7-8H2/b19-10+. The molecule has 3 unspecified atom stereocenters. The third-order valence-corrected chi connectivity index (χ3v) is 7.29. The van der Waals surface area contributed by atoms with E-state index in [2.05, 4.69) is 0 Å². The molecule has 3 nitrogen and oxygen atoms in total. The van der Waals surface area contributed by atoms with Crippen LogP contribution in [0.4, 0.5) is 8.78 Å². The first-order valence-electron chi connectivity index (χ1n) is 9.32. The molecular formula is C21H17F2NO2S2. The lowest BCUT2D eigenvalue weighted by Crippen LogP contribution is -2.41. The quantitative estimate of drug-likeness (QED) is 0.480. The molecule has 1 aliphatic heterocycles. The van der Waals surface area contributed by atoms with E-state index in [4.69, 9.17) is 16.6 Å². The second-order valence-electron chi connectivity index (χ2n) is 7.62. The Hall–Kier alpha value is -1.99. The fraction of sp³-hybridized carbons (Fsp3) is 0.333. The molecule has 0 spiro atoms. The van der Waals surface area contributed by atoms with Gasteiger partial charge in [0.1, 0.15) is 15.8 Å². The SMILES string of the molecule is O=C1/C(=C\c2ccc(-c3ccc(F)c(F)c3)o2)SC(=S)N1C1CC2CCC1C2. The summed E-state index contributed by atoms with van der Waals surface area (Å²) in [5, 5.41) is 0. The average molecular weight is 418 g/mol. The fourth-order valence-electron chi connectivity index (χ4n) is 4.66. The van der Waals surface area contributed by atoms with Gasteiger partial charge in [-0.3, -0.25) is 9.69 Å². The van der Waals surface area contributed by atoms with Crippen molar-refractivity contribution in [2.45, 2.75) is 31.7 Å². The zero-order valence-electron chi connectivity index (χ0n) is 14.9. The lowest BCUT2D eigenvalue weighted by Gasteiger charge is -2.30. The van der Waals surface area contributed by atoms with Crippen molar-refractivity contribution in [1.29, 1.82) is 0 Å². The Labute approximate surface area is 170 Å². The summed E-state index contributed by atoms with van der Waals surface area (Å²) in [5.74, 6) is 0.296. The van der Waals surface area contributed by atoms with Gasteiger partial charge < -0.3 is 4.42 Å². The minimum Gasteiger partial charge on any atom is -0.457 e. The van der Waals surface area contributed by atoms with Crippen LogP contribution >= 0.6 is 24.0 Å². The third-order valence-electron chi connectivity index (χ3n) is 5.96. The fourth-order valence-corrected chi connectivity index (χ4v) is 6.01. The second kappa shape index (κ2) is 6.81. The number of furan rings is 1. The number of thioether (sulfide) groups is 1.